The highest BCUT2D eigenvalue weighted by molar-refractivity contribution is 7.08. The van der Waals surface area contributed by atoms with Gasteiger partial charge in [-0.05, 0) is 17.4 Å². The smallest absolute Gasteiger partial charge is 0.308 e. The molecule has 1 aliphatic rings. The van der Waals surface area contributed by atoms with Gasteiger partial charge >= 0.3 is 5.97 Å². The molecule has 6 nitrogen and oxygen atoms in total. The molecule has 2 atom stereocenters. The predicted octanol–water partition coefficient (Wildman–Crippen LogP) is 1.95. The second kappa shape index (κ2) is 5.34. The van der Waals surface area contributed by atoms with Gasteiger partial charge in [0.2, 0.25) is 0 Å². The summed E-state index contributed by atoms with van der Waals surface area (Å²) in [4.78, 5) is 17.5. The molecule has 2 aromatic rings. The molecule has 0 bridgehead atoms. The van der Waals surface area contributed by atoms with Crippen LogP contribution in [0, 0.1) is 11.8 Å². The molecule has 1 saturated heterocycles. The summed E-state index contributed by atoms with van der Waals surface area (Å²) in [5, 5.41) is 17.0. The summed E-state index contributed by atoms with van der Waals surface area (Å²) >= 11 is 1.58. The van der Waals surface area contributed by atoms with Crippen LogP contribution in [0.25, 0.3) is 11.5 Å². The van der Waals surface area contributed by atoms with Crippen molar-refractivity contribution in [3.05, 3.63) is 22.7 Å². The molecule has 20 heavy (non-hydrogen) atoms. The molecule has 0 spiro atoms. The predicted molar refractivity (Wildman–Crippen MR) is 73.2 cm³/mol. The van der Waals surface area contributed by atoms with E-state index in [0.29, 0.717) is 24.8 Å². The average molecular weight is 293 g/mol. The molecule has 0 radical (unpaired) electrons. The minimum atomic E-state index is -0.730. The summed E-state index contributed by atoms with van der Waals surface area (Å²) in [6.45, 7) is 3.78. The number of carboxylic acid groups (broad SMARTS) is 1. The van der Waals surface area contributed by atoms with Gasteiger partial charge in [-0.15, -0.1) is 0 Å². The lowest BCUT2D eigenvalue weighted by molar-refractivity contribution is -0.142. The van der Waals surface area contributed by atoms with E-state index in [0.717, 1.165) is 12.1 Å². The van der Waals surface area contributed by atoms with Crippen LogP contribution in [0.1, 0.15) is 12.7 Å². The molecule has 106 valence electrons. The van der Waals surface area contributed by atoms with Gasteiger partial charge in [0.1, 0.15) is 0 Å². The molecule has 1 fully saturated rings. The molecule has 0 amide bonds. The van der Waals surface area contributed by atoms with E-state index in [4.69, 9.17) is 9.63 Å². The van der Waals surface area contributed by atoms with Crippen molar-refractivity contribution in [3.8, 4) is 11.5 Å². The summed E-state index contributed by atoms with van der Waals surface area (Å²) < 4.78 is 5.22. The van der Waals surface area contributed by atoms with Crippen molar-refractivity contribution in [3.63, 3.8) is 0 Å². The number of aromatic nitrogens is 2. The lowest BCUT2D eigenvalue weighted by atomic mass is 9.99. The summed E-state index contributed by atoms with van der Waals surface area (Å²) in [6, 6.07) is 1.93. The zero-order valence-corrected chi connectivity index (χ0v) is 11.8. The van der Waals surface area contributed by atoms with Gasteiger partial charge in [0.15, 0.2) is 5.82 Å². The first-order valence-corrected chi connectivity index (χ1v) is 7.38. The van der Waals surface area contributed by atoms with Crippen LogP contribution in [0.3, 0.4) is 0 Å². The molecule has 1 aliphatic heterocycles. The van der Waals surface area contributed by atoms with Gasteiger partial charge in [0, 0.05) is 18.5 Å². The molecule has 2 aromatic heterocycles. The van der Waals surface area contributed by atoms with E-state index >= 15 is 0 Å². The Kier molecular flexibility index (Phi) is 3.54. The molecular weight excluding hydrogens is 278 g/mol. The van der Waals surface area contributed by atoms with Gasteiger partial charge in [-0.25, -0.2) is 0 Å². The summed E-state index contributed by atoms with van der Waals surface area (Å²) in [5.74, 6) is 0.230. The number of hydrogen-bond donors (Lipinski definition) is 1. The Morgan fingerprint density at radius 1 is 1.60 bits per heavy atom. The van der Waals surface area contributed by atoms with Gasteiger partial charge in [-0.2, -0.15) is 16.3 Å². The van der Waals surface area contributed by atoms with E-state index in [9.17, 15) is 4.79 Å². The number of carboxylic acids is 1. The Labute approximate surface area is 120 Å². The molecule has 0 aliphatic carbocycles. The number of thiophene rings is 1. The largest absolute Gasteiger partial charge is 0.481 e. The van der Waals surface area contributed by atoms with E-state index in [1.54, 1.807) is 11.3 Å². The van der Waals surface area contributed by atoms with Crippen LogP contribution in [0.5, 0.6) is 0 Å². The standard InChI is InChI=1S/C13H15N3O3S/c1-8-4-16(5-10(8)13(17)18)6-11-14-12(19-15-11)9-2-3-20-7-9/h2-3,7-8,10H,4-6H2,1H3,(H,17,18)/t8-,10-/m1/s1. The highest BCUT2D eigenvalue weighted by Gasteiger charge is 2.35. The minimum absolute atomic E-state index is 0.149. The highest BCUT2D eigenvalue weighted by Crippen LogP contribution is 2.25. The van der Waals surface area contributed by atoms with Gasteiger partial charge in [-0.1, -0.05) is 12.1 Å². The monoisotopic (exact) mass is 293 g/mol. The molecule has 7 heteroatoms. The van der Waals surface area contributed by atoms with E-state index < -0.39 is 5.97 Å². The fourth-order valence-corrected chi connectivity index (χ4v) is 3.17. The third-order valence-electron chi connectivity index (χ3n) is 3.61. The maximum atomic E-state index is 11.1. The van der Waals surface area contributed by atoms with Crippen LogP contribution in [-0.4, -0.2) is 39.2 Å². The number of nitrogens with zero attached hydrogens (tertiary/aromatic N) is 3. The lowest BCUT2D eigenvalue weighted by Crippen LogP contribution is -2.23. The van der Waals surface area contributed by atoms with Gasteiger partial charge in [-0.3, -0.25) is 9.69 Å². The molecule has 1 N–H and O–H groups in total. The van der Waals surface area contributed by atoms with Crippen molar-refractivity contribution in [1.82, 2.24) is 15.0 Å². The fourth-order valence-electron chi connectivity index (χ4n) is 2.54. The van der Waals surface area contributed by atoms with Crippen LogP contribution in [0.15, 0.2) is 21.3 Å². The maximum absolute atomic E-state index is 11.1. The fraction of sp³-hybridized carbons (Fsp3) is 0.462. The Morgan fingerprint density at radius 3 is 3.10 bits per heavy atom. The Hall–Kier alpha value is -1.73. The molecule has 3 rings (SSSR count). The topological polar surface area (TPSA) is 79.5 Å². The third-order valence-corrected chi connectivity index (χ3v) is 4.29. The zero-order chi connectivity index (χ0) is 14.1. The normalized spacial score (nSPS) is 23.2. The average Bonchev–Trinajstić information content (AvgIpc) is 3.09. The van der Waals surface area contributed by atoms with Crippen LogP contribution in [-0.2, 0) is 11.3 Å². The minimum Gasteiger partial charge on any atom is -0.481 e. The second-order valence-electron chi connectivity index (χ2n) is 5.14. The number of aliphatic carboxylic acids is 1. The molecule has 0 aromatic carbocycles. The summed E-state index contributed by atoms with van der Waals surface area (Å²) in [6.07, 6.45) is 0. The van der Waals surface area contributed by atoms with Gasteiger partial charge in [0.05, 0.1) is 18.0 Å². The van der Waals surface area contributed by atoms with Crippen molar-refractivity contribution < 1.29 is 14.4 Å². The summed E-state index contributed by atoms with van der Waals surface area (Å²) in [5.41, 5.74) is 0.923. The van der Waals surface area contributed by atoms with Gasteiger partial charge < -0.3 is 9.63 Å². The molecular formula is C13H15N3O3S. The maximum Gasteiger partial charge on any atom is 0.308 e. The van der Waals surface area contributed by atoms with Crippen molar-refractivity contribution in [2.75, 3.05) is 13.1 Å². The van der Waals surface area contributed by atoms with Crippen LogP contribution < -0.4 is 0 Å². The van der Waals surface area contributed by atoms with Crippen LogP contribution >= 0.6 is 11.3 Å². The SMILES string of the molecule is C[C@@H]1CN(Cc2noc(-c3ccsc3)n2)C[C@H]1C(=O)O. The zero-order valence-electron chi connectivity index (χ0n) is 11.0. The Morgan fingerprint density at radius 2 is 2.45 bits per heavy atom. The van der Waals surface area contributed by atoms with Crippen molar-refractivity contribution in [1.29, 1.82) is 0 Å². The quantitative estimate of drug-likeness (QED) is 0.928. The van der Waals surface area contributed by atoms with Crippen LogP contribution in [0.2, 0.25) is 0 Å². The van der Waals surface area contributed by atoms with Crippen molar-refractivity contribution >= 4 is 17.3 Å². The first kappa shape index (κ1) is 13.3. The Bertz CT molecular complexity index is 596. The summed E-state index contributed by atoms with van der Waals surface area (Å²) in [7, 11) is 0. The van der Waals surface area contributed by atoms with Crippen LogP contribution in [0.4, 0.5) is 0 Å². The van der Waals surface area contributed by atoms with E-state index in [1.165, 1.54) is 0 Å². The van der Waals surface area contributed by atoms with E-state index in [-0.39, 0.29) is 11.8 Å². The number of carbonyl (C=O) groups is 1. The second-order valence-corrected chi connectivity index (χ2v) is 5.92. The number of likely N-dealkylation sites (tertiary alicyclic amines) is 1. The molecule has 0 saturated carbocycles. The van der Waals surface area contributed by atoms with E-state index in [2.05, 4.69) is 15.0 Å². The van der Waals surface area contributed by atoms with Gasteiger partial charge in [0.25, 0.3) is 5.89 Å². The number of hydrogen-bond acceptors (Lipinski definition) is 6. The first-order valence-electron chi connectivity index (χ1n) is 6.44. The number of rotatable bonds is 4. The molecule has 0 unspecified atom stereocenters. The van der Waals surface area contributed by atoms with Crippen molar-refractivity contribution in [2.45, 2.75) is 13.5 Å². The lowest BCUT2D eigenvalue weighted by Gasteiger charge is -2.11. The van der Waals surface area contributed by atoms with E-state index in [1.807, 2.05) is 23.8 Å². The Balaban J connectivity index is 1.66. The van der Waals surface area contributed by atoms with Crippen molar-refractivity contribution in [2.24, 2.45) is 11.8 Å². The highest BCUT2D eigenvalue weighted by atomic mass is 32.1. The third kappa shape index (κ3) is 2.59. The molecule has 3 heterocycles. The first-order chi connectivity index (χ1) is 9.63.